The van der Waals surface area contributed by atoms with E-state index in [2.05, 4.69) is 9.97 Å². The van der Waals surface area contributed by atoms with Crippen molar-refractivity contribution in [3.05, 3.63) is 56.7 Å². The molecule has 0 radical (unpaired) electrons. The highest BCUT2D eigenvalue weighted by Crippen LogP contribution is 2.31. The van der Waals surface area contributed by atoms with Crippen LogP contribution in [0.4, 0.5) is 0 Å². The molecule has 34 heavy (non-hydrogen) atoms. The van der Waals surface area contributed by atoms with Crippen molar-refractivity contribution in [3.63, 3.8) is 0 Å². The Balaban J connectivity index is 1.64. The minimum atomic E-state index is -1.00. The number of hydrogen-bond acceptors (Lipinski definition) is 4. The Kier molecular flexibility index (Phi) is 6.22. The molecule has 0 bridgehead atoms. The number of aromatic amines is 1. The van der Waals surface area contributed by atoms with Gasteiger partial charge in [0.1, 0.15) is 11.5 Å². The Bertz CT molecular complexity index is 1330. The normalized spacial score (nSPS) is 18.1. The van der Waals surface area contributed by atoms with Crippen LogP contribution in [0.2, 0.25) is 0 Å². The van der Waals surface area contributed by atoms with Gasteiger partial charge in [-0.2, -0.15) is 0 Å². The molecule has 0 spiro atoms. The summed E-state index contributed by atoms with van der Waals surface area (Å²) in [6.07, 6.45) is 12.7. The molecule has 0 unspecified atom stereocenters. The average Bonchev–Trinajstić information content (AvgIpc) is 3.30. The van der Waals surface area contributed by atoms with E-state index in [1.807, 2.05) is 16.7 Å². The summed E-state index contributed by atoms with van der Waals surface area (Å²) in [5.74, 6) is -0.470. The lowest BCUT2D eigenvalue weighted by Gasteiger charge is -2.28. The van der Waals surface area contributed by atoms with Gasteiger partial charge in [0.25, 0.3) is 5.56 Å². The fraction of sp³-hybridized carbons (Fsp3) is 0.462. The van der Waals surface area contributed by atoms with Gasteiger partial charge in [0.05, 0.1) is 0 Å². The number of carboxylic acids is 1. The van der Waals surface area contributed by atoms with Crippen molar-refractivity contribution in [3.8, 4) is 11.4 Å². The minimum absolute atomic E-state index is 0.0616. The summed E-state index contributed by atoms with van der Waals surface area (Å²) < 4.78 is 3.30. The first-order valence-electron chi connectivity index (χ1n) is 12.3. The fourth-order valence-electron chi connectivity index (χ4n) is 5.50. The minimum Gasteiger partial charge on any atom is -0.478 e. The predicted molar refractivity (Wildman–Crippen MR) is 131 cm³/mol. The molecule has 8 heteroatoms. The number of carbonyl (C=O) groups is 1. The highest BCUT2D eigenvalue weighted by Gasteiger charge is 2.28. The van der Waals surface area contributed by atoms with Crippen LogP contribution in [0.15, 0.2) is 39.9 Å². The zero-order valence-corrected chi connectivity index (χ0v) is 19.2. The van der Waals surface area contributed by atoms with Crippen molar-refractivity contribution in [2.75, 3.05) is 0 Å². The average molecular weight is 463 g/mol. The number of aliphatic carboxylic acids is 1. The van der Waals surface area contributed by atoms with Crippen molar-refractivity contribution in [2.24, 2.45) is 0 Å². The van der Waals surface area contributed by atoms with Gasteiger partial charge in [-0.25, -0.2) is 14.6 Å². The van der Waals surface area contributed by atoms with Gasteiger partial charge in [-0.1, -0.05) is 62.8 Å². The van der Waals surface area contributed by atoms with Gasteiger partial charge in [0.2, 0.25) is 0 Å². The number of rotatable bonds is 5. The third-order valence-corrected chi connectivity index (χ3v) is 7.24. The van der Waals surface area contributed by atoms with Gasteiger partial charge in [-0.05, 0) is 37.3 Å². The monoisotopic (exact) mass is 462 g/mol. The van der Waals surface area contributed by atoms with Crippen LogP contribution in [0.25, 0.3) is 28.6 Å². The Morgan fingerprint density at radius 1 is 0.912 bits per heavy atom. The molecule has 3 aromatic rings. The largest absolute Gasteiger partial charge is 0.478 e. The van der Waals surface area contributed by atoms with Crippen LogP contribution in [0, 0.1) is 0 Å². The van der Waals surface area contributed by atoms with E-state index in [9.17, 15) is 14.4 Å². The van der Waals surface area contributed by atoms with Crippen molar-refractivity contribution >= 4 is 23.2 Å². The first-order chi connectivity index (χ1) is 16.5. The third-order valence-electron chi connectivity index (χ3n) is 7.24. The highest BCUT2D eigenvalue weighted by atomic mass is 16.4. The highest BCUT2D eigenvalue weighted by molar-refractivity contribution is 5.85. The number of fused-ring (bicyclic) bond motifs is 1. The first kappa shape index (κ1) is 22.4. The van der Waals surface area contributed by atoms with Crippen molar-refractivity contribution in [1.82, 2.24) is 19.1 Å². The SMILES string of the molecule is O=C(O)/C=C/c1ccc(-c2nc3c(=O)n(C4CCCCC4)c(=O)n(C4CCCCC4)c3[nH]2)cc1. The van der Waals surface area contributed by atoms with E-state index in [0.717, 1.165) is 75.0 Å². The summed E-state index contributed by atoms with van der Waals surface area (Å²) in [6.45, 7) is 0. The maximum absolute atomic E-state index is 13.7. The second kappa shape index (κ2) is 9.44. The number of nitrogens with one attached hydrogen (secondary N) is 1. The number of hydrogen-bond donors (Lipinski definition) is 2. The molecule has 0 saturated heterocycles. The number of aromatic nitrogens is 4. The molecule has 2 heterocycles. The molecule has 2 fully saturated rings. The molecule has 2 aliphatic rings. The van der Waals surface area contributed by atoms with Crippen LogP contribution < -0.4 is 11.2 Å². The molecular weight excluding hydrogens is 432 g/mol. The standard InChI is InChI=1S/C26H30N4O4/c31-21(32)16-13-17-11-14-18(15-12-17)23-27-22-24(28-23)29(19-7-3-1-4-8-19)26(34)30(25(22)33)20-9-5-2-6-10-20/h11-16,19-20H,1-10H2,(H,27,28)(H,31,32)/b16-13+. The topological polar surface area (TPSA) is 110 Å². The zero-order chi connectivity index (χ0) is 23.7. The molecule has 2 aliphatic carbocycles. The smallest absolute Gasteiger partial charge is 0.333 e. The van der Waals surface area contributed by atoms with Gasteiger partial charge in [0.15, 0.2) is 5.52 Å². The Hall–Kier alpha value is -3.42. The molecule has 0 amide bonds. The summed E-state index contributed by atoms with van der Waals surface area (Å²) in [5, 5.41) is 8.83. The fourth-order valence-corrected chi connectivity index (χ4v) is 5.50. The van der Waals surface area contributed by atoms with Crippen molar-refractivity contribution < 1.29 is 9.90 Å². The van der Waals surface area contributed by atoms with Gasteiger partial charge >= 0.3 is 11.7 Å². The van der Waals surface area contributed by atoms with E-state index in [4.69, 9.17) is 5.11 Å². The van der Waals surface area contributed by atoms with Crippen LogP contribution in [-0.2, 0) is 4.79 Å². The van der Waals surface area contributed by atoms with Crippen LogP contribution in [0.5, 0.6) is 0 Å². The molecule has 2 N–H and O–H groups in total. The van der Waals surface area contributed by atoms with E-state index < -0.39 is 5.97 Å². The molecule has 0 aliphatic heterocycles. The Morgan fingerprint density at radius 3 is 2.09 bits per heavy atom. The van der Waals surface area contributed by atoms with Crippen LogP contribution >= 0.6 is 0 Å². The lowest BCUT2D eigenvalue weighted by atomic mass is 9.94. The zero-order valence-electron chi connectivity index (χ0n) is 19.2. The molecule has 2 aromatic heterocycles. The second-order valence-corrected chi connectivity index (χ2v) is 9.49. The third kappa shape index (κ3) is 4.24. The van der Waals surface area contributed by atoms with Gasteiger partial charge < -0.3 is 10.1 Å². The van der Waals surface area contributed by atoms with E-state index in [1.54, 1.807) is 12.1 Å². The maximum atomic E-state index is 13.7. The molecule has 2 saturated carbocycles. The Labute approximate surface area is 197 Å². The van der Waals surface area contributed by atoms with Crippen LogP contribution in [0.3, 0.4) is 0 Å². The molecule has 178 valence electrons. The molecular formula is C26H30N4O4. The molecule has 0 atom stereocenters. The summed E-state index contributed by atoms with van der Waals surface area (Å²) >= 11 is 0. The van der Waals surface area contributed by atoms with Crippen LogP contribution in [-0.4, -0.2) is 30.2 Å². The number of nitrogens with zero attached hydrogens (tertiary/aromatic N) is 3. The number of carboxylic acid groups (broad SMARTS) is 1. The summed E-state index contributed by atoms with van der Waals surface area (Å²) in [4.78, 5) is 46.0. The van der Waals surface area contributed by atoms with E-state index in [1.165, 1.54) is 17.1 Å². The number of benzene rings is 1. The number of H-pyrrole nitrogens is 1. The molecule has 1 aromatic carbocycles. The lowest BCUT2D eigenvalue weighted by molar-refractivity contribution is -0.131. The van der Waals surface area contributed by atoms with Crippen molar-refractivity contribution in [1.29, 1.82) is 0 Å². The Morgan fingerprint density at radius 2 is 1.50 bits per heavy atom. The maximum Gasteiger partial charge on any atom is 0.333 e. The number of imidazole rings is 1. The van der Waals surface area contributed by atoms with Crippen molar-refractivity contribution in [2.45, 2.75) is 76.3 Å². The van der Waals surface area contributed by atoms with E-state index in [0.29, 0.717) is 17.0 Å². The van der Waals surface area contributed by atoms with Gasteiger partial charge in [0, 0.05) is 23.7 Å². The first-order valence-corrected chi connectivity index (χ1v) is 12.3. The lowest BCUT2D eigenvalue weighted by Crippen LogP contribution is -2.44. The van der Waals surface area contributed by atoms with Gasteiger partial charge in [-0.15, -0.1) is 0 Å². The second-order valence-electron chi connectivity index (χ2n) is 9.49. The summed E-state index contributed by atoms with van der Waals surface area (Å²) in [6, 6.07) is 7.28. The molecule has 5 rings (SSSR count). The summed E-state index contributed by atoms with van der Waals surface area (Å²) in [5.41, 5.74) is 1.85. The van der Waals surface area contributed by atoms with E-state index in [-0.39, 0.29) is 23.3 Å². The predicted octanol–water partition coefficient (Wildman–Crippen LogP) is 4.66. The summed E-state index contributed by atoms with van der Waals surface area (Å²) in [7, 11) is 0. The van der Waals surface area contributed by atoms with E-state index >= 15 is 0 Å². The quantitative estimate of drug-likeness (QED) is 0.536. The van der Waals surface area contributed by atoms with Crippen LogP contribution in [0.1, 0.15) is 81.9 Å². The molecule has 8 nitrogen and oxygen atoms in total. The van der Waals surface area contributed by atoms with Gasteiger partial charge in [-0.3, -0.25) is 13.9 Å².